The van der Waals surface area contributed by atoms with Gasteiger partial charge < -0.3 is 4.90 Å². The summed E-state index contributed by atoms with van der Waals surface area (Å²) < 4.78 is 0. The summed E-state index contributed by atoms with van der Waals surface area (Å²) in [5.41, 5.74) is 0. The van der Waals surface area contributed by atoms with Gasteiger partial charge in [-0.1, -0.05) is 25.8 Å². The van der Waals surface area contributed by atoms with Crippen LogP contribution in [0.2, 0.25) is 0 Å². The molecule has 0 spiro atoms. The molecule has 1 aromatic heterocycles. The standard InChI is InChI=1S/C12H19N3/c1-3-5-6-11-15(10-4-2)12-13-8-7-9-14-12/h4,7-9H,2-3,5-6,10-11H2,1H3. The summed E-state index contributed by atoms with van der Waals surface area (Å²) in [6.45, 7) is 7.78. The largest absolute Gasteiger partial charge is 0.337 e. The first-order chi connectivity index (χ1) is 7.38. The molecule has 0 aromatic carbocycles. The summed E-state index contributed by atoms with van der Waals surface area (Å²) >= 11 is 0. The van der Waals surface area contributed by atoms with Gasteiger partial charge >= 0.3 is 0 Å². The Kier molecular flexibility index (Phi) is 5.44. The number of hydrogen-bond acceptors (Lipinski definition) is 3. The lowest BCUT2D eigenvalue weighted by atomic mass is 10.2. The van der Waals surface area contributed by atoms with E-state index in [1.165, 1.54) is 19.3 Å². The van der Waals surface area contributed by atoms with Crippen LogP contribution in [0.5, 0.6) is 0 Å². The van der Waals surface area contributed by atoms with E-state index in [-0.39, 0.29) is 0 Å². The Bertz CT molecular complexity index is 271. The van der Waals surface area contributed by atoms with Crippen LogP contribution in [-0.2, 0) is 0 Å². The van der Waals surface area contributed by atoms with Crippen molar-refractivity contribution in [2.45, 2.75) is 26.2 Å². The van der Waals surface area contributed by atoms with Gasteiger partial charge in [-0.15, -0.1) is 6.58 Å². The van der Waals surface area contributed by atoms with Gasteiger partial charge in [0.25, 0.3) is 0 Å². The predicted molar refractivity (Wildman–Crippen MR) is 64.0 cm³/mol. The van der Waals surface area contributed by atoms with E-state index in [9.17, 15) is 0 Å². The normalized spacial score (nSPS) is 9.93. The highest BCUT2D eigenvalue weighted by molar-refractivity contribution is 5.29. The molecule has 0 fully saturated rings. The third kappa shape index (κ3) is 4.11. The third-order valence-corrected chi connectivity index (χ3v) is 2.22. The summed E-state index contributed by atoms with van der Waals surface area (Å²) in [6.07, 6.45) is 9.11. The number of rotatable bonds is 7. The fourth-order valence-corrected chi connectivity index (χ4v) is 1.44. The molecule has 82 valence electrons. The van der Waals surface area contributed by atoms with Gasteiger partial charge in [0.15, 0.2) is 0 Å². The molecule has 3 heteroatoms. The second-order valence-electron chi connectivity index (χ2n) is 3.49. The SMILES string of the molecule is C=CCN(CCCCC)c1ncccn1. The van der Waals surface area contributed by atoms with Crippen LogP contribution in [0.25, 0.3) is 0 Å². The summed E-state index contributed by atoms with van der Waals surface area (Å²) in [5, 5.41) is 0. The Morgan fingerprint density at radius 1 is 1.33 bits per heavy atom. The molecule has 1 rings (SSSR count). The van der Waals surface area contributed by atoms with Crippen LogP contribution in [-0.4, -0.2) is 23.1 Å². The van der Waals surface area contributed by atoms with Gasteiger partial charge in [0.2, 0.25) is 5.95 Å². The lowest BCUT2D eigenvalue weighted by Crippen LogP contribution is -2.26. The molecule has 0 atom stereocenters. The van der Waals surface area contributed by atoms with Gasteiger partial charge in [-0.25, -0.2) is 9.97 Å². The van der Waals surface area contributed by atoms with Crippen molar-refractivity contribution in [3.63, 3.8) is 0 Å². The van der Waals surface area contributed by atoms with Gasteiger partial charge in [0.05, 0.1) is 0 Å². The highest BCUT2D eigenvalue weighted by Gasteiger charge is 2.05. The number of unbranched alkanes of at least 4 members (excludes halogenated alkanes) is 2. The van der Waals surface area contributed by atoms with Crippen molar-refractivity contribution in [3.05, 3.63) is 31.1 Å². The molecule has 0 saturated carbocycles. The zero-order valence-corrected chi connectivity index (χ0v) is 9.39. The molecule has 0 aliphatic carbocycles. The van der Waals surface area contributed by atoms with E-state index in [1.807, 2.05) is 12.1 Å². The van der Waals surface area contributed by atoms with E-state index in [0.717, 1.165) is 19.0 Å². The number of aromatic nitrogens is 2. The van der Waals surface area contributed by atoms with Crippen molar-refractivity contribution in [2.75, 3.05) is 18.0 Å². The van der Waals surface area contributed by atoms with E-state index in [0.29, 0.717) is 0 Å². The zero-order chi connectivity index (χ0) is 10.9. The monoisotopic (exact) mass is 205 g/mol. The third-order valence-electron chi connectivity index (χ3n) is 2.22. The molecule has 0 unspecified atom stereocenters. The second-order valence-corrected chi connectivity index (χ2v) is 3.49. The lowest BCUT2D eigenvalue weighted by molar-refractivity contribution is 0.683. The fourth-order valence-electron chi connectivity index (χ4n) is 1.44. The van der Waals surface area contributed by atoms with Gasteiger partial charge in [0, 0.05) is 25.5 Å². The van der Waals surface area contributed by atoms with E-state index < -0.39 is 0 Å². The van der Waals surface area contributed by atoms with E-state index >= 15 is 0 Å². The van der Waals surface area contributed by atoms with Crippen molar-refractivity contribution in [3.8, 4) is 0 Å². The Morgan fingerprint density at radius 3 is 2.67 bits per heavy atom. The first-order valence-corrected chi connectivity index (χ1v) is 5.51. The molecule has 0 amide bonds. The average molecular weight is 205 g/mol. The zero-order valence-electron chi connectivity index (χ0n) is 9.39. The van der Waals surface area contributed by atoms with Crippen LogP contribution >= 0.6 is 0 Å². The van der Waals surface area contributed by atoms with Gasteiger partial charge in [-0.05, 0) is 12.5 Å². The van der Waals surface area contributed by atoms with Crippen molar-refractivity contribution >= 4 is 5.95 Å². The van der Waals surface area contributed by atoms with Gasteiger partial charge in [-0.2, -0.15) is 0 Å². The first kappa shape index (κ1) is 11.7. The number of hydrogen-bond donors (Lipinski definition) is 0. The van der Waals surface area contributed by atoms with Crippen LogP contribution in [0.4, 0.5) is 5.95 Å². The Hall–Kier alpha value is -1.38. The number of nitrogens with zero attached hydrogens (tertiary/aromatic N) is 3. The maximum Gasteiger partial charge on any atom is 0.225 e. The molecule has 1 heterocycles. The van der Waals surface area contributed by atoms with Crippen molar-refractivity contribution < 1.29 is 0 Å². The van der Waals surface area contributed by atoms with Crippen LogP contribution in [0, 0.1) is 0 Å². The Morgan fingerprint density at radius 2 is 2.07 bits per heavy atom. The second kappa shape index (κ2) is 6.98. The van der Waals surface area contributed by atoms with Gasteiger partial charge in [0.1, 0.15) is 0 Å². The predicted octanol–water partition coefficient (Wildman–Crippen LogP) is 2.66. The molecule has 0 saturated heterocycles. The van der Waals surface area contributed by atoms with Crippen LogP contribution in [0.3, 0.4) is 0 Å². The Balaban J connectivity index is 2.53. The van der Waals surface area contributed by atoms with E-state index in [2.05, 4.69) is 28.4 Å². The minimum Gasteiger partial charge on any atom is -0.337 e. The quantitative estimate of drug-likeness (QED) is 0.506. The first-order valence-electron chi connectivity index (χ1n) is 5.51. The van der Waals surface area contributed by atoms with Gasteiger partial charge in [-0.3, -0.25) is 0 Å². The molecule has 1 aromatic rings. The molecular formula is C12H19N3. The van der Waals surface area contributed by atoms with Crippen molar-refractivity contribution in [1.82, 2.24) is 9.97 Å². The molecule has 3 nitrogen and oxygen atoms in total. The smallest absolute Gasteiger partial charge is 0.225 e. The molecule has 0 radical (unpaired) electrons. The van der Waals surface area contributed by atoms with Crippen molar-refractivity contribution in [1.29, 1.82) is 0 Å². The summed E-state index contributed by atoms with van der Waals surface area (Å²) in [4.78, 5) is 10.6. The molecular weight excluding hydrogens is 186 g/mol. The van der Waals surface area contributed by atoms with E-state index in [1.54, 1.807) is 12.4 Å². The molecule has 0 N–H and O–H groups in total. The van der Waals surface area contributed by atoms with Crippen LogP contribution < -0.4 is 4.90 Å². The average Bonchev–Trinajstić information content (AvgIpc) is 2.29. The number of anilines is 1. The molecule has 0 aliphatic rings. The molecule has 15 heavy (non-hydrogen) atoms. The summed E-state index contributed by atoms with van der Waals surface area (Å²) in [5.74, 6) is 0.800. The van der Waals surface area contributed by atoms with Crippen LogP contribution in [0.1, 0.15) is 26.2 Å². The highest BCUT2D eigenvalue weighted by atomic mass is 15.2. The molecule has 0 bridgehead atoms. The fraction of sp³-hybridized carbons (Fsp3) is 0.500. The molecule has 0 aliphatic heterocycles. The maximum absolute atomic E-state index is 4.24. The Labute approximate surface area is 91.9 Å². The van der Waals surface area contributed by atoms with Crippen molar-refractivity contribution in [2.24, 2.45) is 0 Å². The van der Waals surface area contributed by atoms with E-state index in [4.69, 9.17) is 0 Å². The highest BCUT2D eigenvalue weighted by Crippen LogP contribution is 2.07. The topological polar surface area (TPSA) is 29.0 Å². The van der Waals surface area contributed by atoms with Crippen LogP contribution in [0.15, 0.2) is 31.1 Å². The minimum atomic E-state index is 0.800. The summed E-state index contributed by atoms with van der Waals surface area (Å²) in [7, 11) is 0. The summed E-state index contributed by atoms with van der Waals surface area (Å²) in [6, 6.07) is 1.83. The minimum absolute atomic E-state index is 0.800. The lowest BCUT2D eigenvalue weighted by Gasteiger charge is -2.20. The maximum atomic E-state index is 4.24.